The molecule has 0 heterocycles. The number of aliphatic hydroxyl groups excluding tert-OH is 2. The zero-order valence-electron chi connectivity index (χ0n) is 19.2. The van der Waals surface area contributed by atoms with Crippen molar-refractivity contribution in [2.45, 2.75) is 70.8 Å². The summed E-state index contributed by atoms with van der Waals surface area (Å²) in [7, 11) is -2.71. The van der Waals surface area contributed by atoms with Crippen LogP contribution in [-0.2, 0) is 4.43 Å². The second-order valence-electron chi connectivity index (χ2n) is 9.55. The van der Waals surface area contributed by atoms with E-state index >= 15 is 0 Å². The van der Waals surface area contributed by atoms with Crippen molar-refractivity contribution in [3.8, 4) is 0 Å². The van der Waals surface area contributed by atoms with E-state index in [9.17, 15) is 15.3 Å². The van der Waals surface area contributed by atoms with Crippen LogP contribution < -0.4 is 10.4 Å². The van der Waals surface area contributed by atoms with Crippen molar-refractivity contribution in [2.24, 2.45) is 5.92 Å². The highest BCUT2D eigenvalue weighted by molar-refractivity contribution is 6.99. The van der Waals surface area contributed by atoms with E-state index < -0.39 is 26.1 Å². The largest absolute Gasteiger partial charge is 0.407 e. The molecule has 0 fully saturated rings. The summed E-state index contributed by atoms with van der Waals surface area (Å²) < 4.78 is 6.84. The van der Waals surface area contributed by atoms with Crippen LogP contribution in [0, 0.1) is 5.92 Å². The van der Waals surface area contributed by atoms with E-state index in [4.69, 9.17) is 4.43 Å². The zero-order valence-corrected chi connectivity index (χ0v) is 20.2. The molecule has 4 nitrogen and oxygen atoms in total. The fourth-order valence-electron chi connectivity index (χ4n) is 4.30. The van der Waals surface area contributed by atoms with E-state index in [2.05, 4.69) is 45.0 Å². The molecule has 0 radical (unpaired) electrons. The third-order valence-electron chi connectivity index (χ3n) is 6.18. The van der Waals surface area contributed by atoms with Gasteiger partial charge in [-0.25, -0.2) is 0 Å². The van der Waals surface area contributed by atoms with Crippen molar-refractivity contribution in [1.82, 2.24) is 0 Å². The minimum atomic E-state index is -2.71. The molecule has 2 aromatic carbocycles. The summed E-state index contributed by atoms with van der Waals surface area (Å²) in [6.07, 6.45) is -1.74. The van der Waals surface area contributed by atoms with Gasteiger partial charge in [-0.3, -0.25) is 0 Å². The molecule has 2 aromatic rings. The SMILES string of the molecule is CC[C@@H](O)[C@@](C)(O)[C@H](O)[C@@H](C)CO[Si](c1ccccc1)(c1ccccc1)C(C)(C)C. The van der Waals surface area contributed by atoms with E-state index in [1.807, 2.05) is 43.3 Å². The van der Waals surface area contributed by atoms with Crippen LogP contribution in [0.5, 0.6) is 0 Å². The van der Waals surface area contributed by atoms with Gasteiger partial charge in [0.1, 0.15) is 5.60 Å². The molecule has 30 heavy (non-hydrogen) atoms. The molecule has 5 heteroatoms. The molecule has 0 aliphatic heterocycles. The number of rotatable bonds is 9. The number of hydrogen-bond donors (Lipinski definition) is 3. The number of hydrogen-bond acceptors (Lipinski definition) is 4. The summed E-state index contributed by atoms with van der Waals surface area (Å²) in [5.41, 5.74) is -1.59. The summed E-state index contributed by atoms with van der Waals surface area (Å²) in [5.74, 6) is -0.358. The van der Waals surface area contributed by atoms with Gasteiger partial charge in [0.15, 0.2) is 0 Å². The van der Waals surface area contributed by atoms with Crippen LogP contribution in [0.1, 0.15) is 48.0 Å². The predicted molar refractivity (Wildman–Crippen MR) is 126 cm³/mol. The fourth-order valence-corrected chi connectivity index (χ4v) is 8.96. The normalized spacial score (nSPS) is 17.8. The second-order valence-corrected chi connectivity index (χ2v) is 13.9. The Bertz CT molecular complexity index is 731. The topological polar surface area (TPSA) is 69.9 Å². The smallest absolute Gasteiger partial charge is 0.261 e. The van der Waals surface area contributed by atoms with Gasteiger partial charge < -0.3 is 19.7 Å². The van der Waals surface area contributed by atoms with Gasteiger partial charge in [-0.15, -0.1) is 0 Å². The number of aliphatic hydroxyl groups is 3. The Hall–Kier alpha value is -1.50. The maximum atomic E-state index is 10.8. The fraction of sp³-hybridized carbons (Fsp3) is 0.520. The first-order chi connectivity index (χ1) is 14.0. The van der Waals surface area contributed by atoms with Crippen LogP contribution >= 0.6 is 0 Å². The van der Waals surface area contributed by atoms with E-state index in [0.29, 0.717) is 6.42 Å². The average molecular weight is 431 g/mol. The average Bonchev–Trinajstić information content (AvgIpc) is 2.73. The predicted octanol–water partition coefficient (Wildman–Crippen LogP) is 3.08. The Kier molecular flexibility index (Phi) is 8.05. The Morgan fingerprint density at radius 2 is 1.30 bits per heavy atom. The standard InChI is InChI=1S/C25H38O4Si/c1-7-22(26)25(6,28)23(27)19(2)18-29-30(24(3,4)5,20-14-10-8-11-15-20)21-16-12-9-13-17-21/h8-17,19,22-23,26-28H,7,18H2,1-6H3/t19-,22+,23+,25+/m0/s1. The molecule has 0 amide bonds. The van der Waals surface area contributed by atoms with Gasteiger partial charge in [0, 0.05) is 12.5 Å². The van der Waals surface area contributed by atoms with Crippen molar-refractivity contribution in [3.63, 3.8) is 0 Å². The lowest BCUT2D eigenvalue weighted by Gasteiger charge is -2.44. The van der Waals surface area contributed by atoms with Gasteiger partial charge >= 0.3 is 0 Å². The van der Waals surface area contributed by atoms with Crippen LogP contribution in [0.3, 0.4) is 0 Å². The Balaban J connectivity index is 2.45. The lowest BCUT2D eigenvalue weighted by molar-refractivity contribution is -0.154. The maximum Gasteiger partial charge on any atom is 0.261 e. The maximum absolute atomic E-state index is 10.8. The van der Waals surface area contributed by atoms with Gasteiger partial charge in [-0.05, 0) is 28.8 Å². The third-order valence-corrected chi connectivity index (χ3v) is 11.2. The summed E-state index contributed by atoms with van der Waals surface area (Å²) in [4.78, 5) is 0. The lowest BCUT2D eigenvalue weighted by atomic mass is 9.84. The van der Waals surface area contributed by atoms with E-state index in [0.717, 1.165) is 0 Å². The molecule has 3 N–H and O–H groups in total. The van der Waals surface area contributed by atoms with Crippen molar-refractivity contribution in [3.05, 3.63) is 60.7 Å². The minimum absolute atomic E-state index is 0.161. The summed E-state index contributed by atoms with van der Waals surface area (Å²) in [6.45, 7) is 12.0. The Morgan fingerprint density at radius 1 is 0.867 bits per heavy atom. The Morgan fingerprint density at radius 3 is 1.67 bits per heavy atom. The van der Waals surface area contributed by atoms with Crippen LogP contribution in [0.4, 0.5) is 0 Å². The lowest BCUT2D eigenvalue weighted by Crippen LogP contribution is -2.67. The van der Waals surface area contributed by atoms with Gasteiger partial charge in [-0.2, -0.15) is 0 Å². The van der Waals surface area contributed by atoms with E-state index in [1.165, 1.54) is 17.3 Å². The highest BCUT2D eigenvalue weighted by Crippen LogP contribution is 2.37. The number of benzene rings is 2. The first-order valence-corrected chi connectivity index (χ1v) is 12.7. The molecule has 0 aliphatic rings. The molecule has 0 saturated heterocycles. The van der Waals surface area contributed by atoms with Gasteiger partial charge in [0.25, 0.3) is 8.32 Å². The van der Waals surface area contributed by atoms with Gasteiger partial charge in [0.05, 0.1) is 12.2 Å². The minimum Gasteiger partial charge on any atom is -0.407 e. The van der Waals surface area contributed by atoms with Gasteiger partial charge in [0.2, 0.25) is 0 Å². The first kappa shape index (κ1) is 24.8. The highest BCUT2D eigenvalue weighted by atomic mass is 28.4. The molecule has 0 aliphatic carbocycles. The van der Waals surface area contributed by atoms with Crippen LogP contribution in [0.25, 0.3) is 0 Å². The Labute approximate surface area is 182 Å². The van der Waals surface area contributed by atoms with Crippen LogP contribution in [0.15, 0.2) is 60.7 Å². The van der Waals surface area contributed by atoms with E-state index in [-0.39, 0.29) is 17.6 Å². The molecule has 4 atom stereocenters. The van der Waals surface area contributed by atoms with Crippen LogP contribution in [-0.4, -0.2) is 48.1 Å². The van der Waals surface area contributed by atoms with Crippen molar-refractivity contribution >= 4 is 18.7 Å². The van der Waals surface area contributed by atoms with Crippen molar-refractivity contribution in [2.75, 3.05) is 6.61 Å². The molecular formula is C25H38O4Si. The summed E-state index contributed by atoms with van der Waals surface area (Å²) in [6, 6.07) is 20.7. The summed E-state index contributed by atoms with van der Waals surface area (Å²) >= 11 is 0. The molecule has 2 rings (SSSR count). The van der Waals surface area contributed by atoms with Crippen LogP contribution in [0.2, 0.25) is 5.04 Å². The molecular weight excluding hydrogens is 392 g/mol. The second kappa shape index (κ2) is 9.75. The van der Waals surface area contributed by atoms with Gasteiger partial charge in [-0.1, -0.05) is 95.3 Å². The van der Waals surface area contributed by atoms with Crippen molar-refractivity contribution in [1.29, 1.82) is 0 Å². The summed E-state index contributed by atoms with van der Waals surface area (Å²) in [5, 5.41) is 33.9. The molecule has 0 saturated carbocycles. The molecule has 0 bridgehead atoms. The molecule has 0 spiro atoms. The monoisotopic (exact) mass is 430 g/mol. The molecule has 0 unspecified atom stereocenters. The highest BCUT2D eigenvalue weighted by Gasteiger charge is 2.51. The van der Waals surface area contributed by atoms with Crippen molar-refractivity contribution < 1.29 is 19.7 Å². The zero-order chi connectivity index (χ0) is 22.6. The molecule has 166 valence electrons. The first-order valence-electron chi connectivity index (χ1n) is 10.8. The molecule has 0 aromatic heterocycles. The van der Waals surface area contributed by atoms with E-state index in [1.54, 1.807) is 6.92 Å². The third kappa shape index (κ3) is 4.87. The quantitative estimate of drug-likeness (QED) is 0.535.